The van der Waals surface area contributed by atoms with Gasteiger partial charge in [0.1, 0.15) is 5.75 Å². The number of methoxy groups -OCH3 is 1. The average molecular weight is 293 g/mol. The normalized spacial score (nSPS) is 15.0. The number of ether oxygens (including phenoxy) is 1. The number of rotatable bonds is 4. The SMILES string of the molecule is COc1c(C)c(O)cc(CCC(=O)N2CCCCC2)c1O. The molecule has 1 aliphatic heterocycles. The zero-order valence-electron chi connectivity index (χ0n) is 12.7. The summed E-state index contributed by atoms with van der Waals surface area (Å²) >= 11 is 0. The van der Waals surface area contributed by atoms with Crippen LogP contribution in [0, 0.1) is 6.92 Å². The minimum absolute atomic E-state index is 0.0132. The predicted octanol–water partition coefficient (Wildman–Crippen LogP) is 2.36. The Kier molecular flexibility index (Phi) is 4.94. The second-order valence-electron chi connectivity index (χ2n) is 5.50. The average Bonchev–Trinajstić information content (AvgIpc) is 2.51. The Balaban J connectivity index is 2.06. The Morgan fingerprint density at radius 3 is 2.57 bits per heavy atom. The summed E-state index contributed by atoms with van der Waals surface area (Å²) in [5.74, 6) is 0.466. The number of phenols is 2. The van der Waals surface area contributed by atoms with Crippen molar-refractivity contribution in [1.29, 1.82) is 0 Å². The molecule has 1 aliphatic rings. The van der Waals surface area contributed by atoms with Crippen molar-refractivity contribution < 1.29 is 19.7 Å². The molecule has 116 valence electrons. The number of aryl methyl sites for hydroxylation is 1. The molecule has 0 aromatic heterocycles. The van der Waals surface area contributed by atoms with Crippen LogP contribution in [0.5, 0.6) is 17.2 Å². The third-order valence-corrected chi connectivity index (χ3v) is 4.08. The van der Waals surface area contributed by atoms with Crippen molar-refractivity contribution in [3.8, 4) is 17.2 Å². The van der Waals surface area contributed by atoms with Crippen LogP contribution in [0.1, 0.15) is 36.8 Å². The number of aromatic hydroxyl groups is 2. The molecule has 0 unspecified atom stereocenters. The highest BCUT2D eigenvalue weighted by Gasteiger charge is 2.19. The first kappa shape index (κ1) is 15.5. The molecule has 1 heterocycles. The van der Waals surface area contributed by atoms with Crippen molar-refractivity contribution in [2.45, 2.75) is 39.0 Å². The minimum atomic E-state index is 0.0132. The summed E-state index contributed by atoms with van der Waals surface area (Å²) in [6.45, 7) is 3.33. The van der Waals surface area contributed by atoms with Gasteiger partial charge in [-0.3, -0.25) is 4.79 Å². The molecule has 1 saturated heterocycles. The molecule has 1 aromatic rings. The van der Waals surface area contributed by atoms with E-state index in [9.17, 15) is 15.0 Å². The van der Waals surface area contributed by atoms with Gasteiger partial charge in [-0.05, 0) is 38.7 Å². The number of benzene rings is 1. The Labute approximate surface area is 125 Å². The van der Waals surface area contributed by atoms with Crippen molar-refractivity contribution >= 4 is 5.91 Å². The van der Waals surface area contributed by atoms with E-state index >= 15 is 0 Å². The molecular formula is C16H23NO4. The van der Waals surface area contributed by atoms with Gasteiger partial charge in [0.25, 0.3) is 0 Å². The highest BCUT2D eigenvalue weighted by Crippen LogP contribution is 2.39. The second kappa shape index (κ2) is 6.70. The van der Waals surface area contributed by atoms with E-state index in [0.29, 0.717) is 24.0 Å². The van der Waals surface area contributed by atoms with Gasteiger partial charge in [-0.25, -0.2) is 0 Å². The van der Waals surface area contributed by atoms with Gasteiger partial charge in [-0.1, -0.05) is 0 Å². The summed E-state index contributed by atoms with van der Waals surface area (Å²) in [4.78, 5) is 14.0. The lowest BCUT2D eigenvalue weighted by molar-refractivity contribution is -0.132. The van der Waals surface area contributed by atoms with Crippen molar-refractivity contribution in [2.75, 3.05) is 20.2 Å². The zero-order chi connectivity index (χ0) is 15.4. The standard InChI is InChI=1S/C16H23NO4/c1-11-13(18)10-12(15(20)16(11)21-2)6-7-14(19)17-8-4-3-5-9-17/h10,18,20H,3-9H2,1-2H3. The van der Waals surface area contributed by atoms with Crippen molar-refractivity contribution in [3.05, 3.63) is 17.2 Å². The lowest BCUT2D eigenvalue weighted by Crippen LogP contribution is -2.35. The van der Waals surface area contributed by atoms with Crippen LogP contribution in [0.4, 0.5) is 0 Å². The summed E-state index contributed by atoms with van der Waals surface area (Å²) in [5, 5.41) is 20.0. The lowest BCUT2D eigenvalue weighted by atomic mass is 10.0. The van der Waals surface area contributed by atoms with Crippen molar-refractivity contribution in [1.82, 2.24) is 4.90 Å². The predicted molar refractivity (Wildman–Crippen MR) is 79.8 cm³/mol. The molecule has 1 aromatic carbocycles. The Morgan fingerprint density at radius 1 is 1.29 bits per heavy atom. The molecular weight excluding hydrogens is 270 g/mol. The minimum Gasteiger partial charge on any atom is -0.508 e. The summed E-state index contributed by atoms with van der Waals surface area (Å²) < 4.78 is 5.12. The molecule has 0 saturated carbocycles. The number of piperidine rings is 1. The molecule has 5 nitrogen and oxygen atoms in total. The van der Waals surface area contributed by atoms with Gasteiger partial charge in [0.05, 0.1) is 7.11 Å². The van der Waals surface area contributed by atoms with Gasteiger partial charge < -0.3 is 19.8 Å². The molecule has 5 heteroatoms. The third-order valence-electron chi connectivity index (χ3n) is 4.08. The molecule has 0 aliphatic carbocycles. The van der Waals surface area contributed by atoms with Gasteiger partial charge in [0, 0.05) is 30.6 Å². The number of carbonyl (C=O) groups is 1. The lowest BCUT2D eigenvalue weighted by Gasteiger charge is -2.26. The van der Waals surface area contributed by atoms with Crippen LogP contribution < -0.4 is 4.74 Å². The molecule has 0 spiro atoms. The Morgan fingerprint density at radius 2 is 1.95 bits per heavy atom. The maximum absolute atomic E-state index is 12.1. The van der Waals surface area contributed by atoms with E-state index in [1.807, 2.05) is 4.90 Å². The Hall–Kier alpha value is -1.91. The largest absolute Gasteiger partial charge is 0.508 e. The number of phenolic OH excluding ortho intramolecular Hbond substituents is 2. The monoisotopic (exact) mass is 293 g/mol. The van der Waals surface area contributed by atoms with Crippen molar-refractivity contribution in [3.63, 3.8) is 0 Å². The molecule has 21 heavy (non-hydrogen) atoms. The maximum atomic E-state index is 12.1. The van der Waals surface area contributed by atoms with Gasteiger partial charge in [-0.15, -0.1) is 0 Å². The van der Waals surface area contributed by atoms with Crippen LogP contribution >= 0.6 is 0 Å². The van der Waals surface area contributed by atoms with Gasteiger partial charge >= 0.3 is 0 Å². The number of amides is 1. The molecule has 0 bridgehead atoms. The summed E-state index contributed by atoms with van der Waals surface area (Å²) in [6, 6.07) is 1.51. The summed E-state index contributed by atoms with van der Waals surface area (Å²) in [5.41, 5.74) is 1.04. The molecule has 1 amide bonds. The number of hydrogen-bond donors (Lipinski definition) is 2. The van der Waals surface area contributed by atoms with Crippen LogP contribution in [0.2, 0.25) is 0 Å². The quantitative estimate of drug-likeness (QED) is 0.836. The van der Waals surface area contributed by atoms with E-state index in [0.717, 1.165) is 25.9 Å². The molecule has 0 radical (unpaired) electrons. The number of likely N-dealkylation sites (tertiary alicyclic amines) is 1. The van der Waals surface area contributed by atoms with Crippen LogP contribution in [-0.4, -0.2) is 41.2 Å². The van der Waals surface area contributed by atoms with Crippen molar-refractivity contribution in [2.24, 2.45) is 0 Å². The van der Waals surface area contributed by atoms with Crippen LogP contribution in [0.25, 0.3) is 0 Å². The highest BCUT2D eigenvalue weighted by atomic mass is 16.5. The fourth-order valence-electron chi connectivity index (χ4n) is 2.76. The fraction of sp³-hybridized carbons (Fsp3) is 0.562. The number of hydrogen-bond acceptors (Lipinski definition) is 4. The topological polar surface area (TPSA) is 70.0 Å². The van der Waals surface area contributed by atoms with Gasteiger partial charge in [0.15, 0.2) is 11.5 Å². The first-order chi connectivity index (χ1) is 10.0. The van der Waals surface area contributed by atoms with E-state index in [2.05, 4.69) is 0 Å². The van der Waals surface area contributed by atoms with Gasteiger partial charge in [-0.2, -0.15) is 0 Å². The second-order valence-corrected chi connectivity index (χ2v) is 5.50. The van der Waals surface area contributed by atoms with E-state index in [1.54, 1.807) is 6.92 Å². The summed E-state index contributed by atoms with van der Waals surface area (Å²) in [6.07, 6.45) is 4.05. The van der Waals surface area contributed by atoms with E-state index in [1.165, 1.54) is 19.6 Å². The Bertz CT molecular complexity index is 521. The maximum Gasteiger partial charge on any atom is 0.222 e. The van der Waals surface area contributed by atoms with Gasteiger partial charge in [0.2, 0.25) is 5.91 Å². The number of nitrogens with zero attached hydrogens (tertiary/aromatic N) is 1. The molecule has 1 fully saturated rings. The third kappa shape index (κ3) is 3.40. The van der Waals surface area contributed by atoms with E-state index in [4.69, 9.17) is 4.74 Å². The molecule has 0 atom stereocenters. The summed E-state index contributed by atoms with van der Waals surface area (Å²) in [7, 11) is 1.45. The molecule has 2 N–H and O–H groups in total. The first-order valence-corrected chi connectivity index (χ1v) is 7.40. The van der Waals surface area contributed by atoms with Crippen LogP contribution in [0.15, 0.2) is 6.07 Å². The van der Waals surface area contributed by atoms with E-state index < -0.39 is 0 Å². The highest BCUT2D eigenvalue weighted by molar-refractivity contribution is 5.76. The fourth-order valence-corrected chi connectivity index (χ4v) is 2.76. The van der Waals surface area contributed by atoms with Crippen LogP contribution in [-0.2, 0) is 11.2 Å². The smallest absolute Gasteiger partial charge is 0.222 e. The first-order valence-electron chi connectivity index (χ1n) is 7.40. The molecule has 2 rings (SSSR count). The zero-order valence-corrected chi connectivity index (χ0v) is 12.7. The number of carbonyl (C=O) groups excluding carboxylic acids is 1. The van der Waals surface area contributed by atoms with E-state index in [-0.39, 0.29) is 23.2 Å². The van der Waals surface area contributed by atoms with Crippen LogP contribution in [0.3, 0.4) is 0 Å².